The van der Waals surface area contributed by atoms with Crippen molar-refractivity contribution in [2.45, 2.75) is 39.5 Å². The average molecular weight is 448 g/mol. The van der Waals surface area contributed by atoms with Crippen LogP contribution in [0.15, 0.2) is 91.1 Å². The second-order valence-corrected chi connectivity index (χ2v) is 10.4. The molecule has 164 valence electrons. The molecule has 0 bridgehead atoms. The van der Waals surface area contributed by atoms with Crippen LogP contribution >= 0.6 is 11.3 Å². The first-order valence-electron chi connectivity index (χ1n) is 11.7. The summed E-state index contributed by atoms with van der Waals surface area (Å²) in [4.78, 5) is 6.13. The summed E-state index contributed by atoms with van der Waals surface area (Å²) in [6.07, 6.45) is 2.02. The van der Waals surface area contributed by atoms with Gasteiger partial charge in [0.1, 0.15) is 0 Å². The molecule has 5 aromatic rings. The second kappa shape index (κ2) is 8.96. The molecule has 0 radical (unpaired) electrons. The van der Waals surface area contributed by atoms with Crippen molar-refractivity contribution in [3.8, 4) is 32.8 Å². The van der Waals surface area contributed by atoms with Crippen LogP contribution in [-0.2, 0) is 0 Å². The molecule has 2 heteroatoms. The molecule has 0 unspecified atom stereocenters. The molecule has 0 amide bonds. The Bertz CT molecular complexity index is 1380. The van der Waals surface area contributed by atoms with Gasteiger partial charge in [-0.15, -0.1) is 11.3 Å². The van der Waals surface area contributed by atoms with E-state index in [4.69, 9.17) is 4.98 Å². The molecule has 0 saturated heterocycles. The Morgan fingerprint density at radius 2 is 1.27 bits per heavy atom. The highest BCUT2D eigenvalue weighted by Gasteiger charge is 2.12. The van der Waals surface area contributed by atoms with E-state index in [1.807, 2.05) is 17.5 Å². The summed E-state index contributed by atoms with van der Waals surface area (Å²) in [5.74, 6) is 1.03. The van der Waals surface area contributed by atoms with E-state index in [-0.39, 0.29) is 0 Å². The molecule has 2 aromatic heterocycles. The van der Waals surface area contributed by atoms with Crippen LogP contribution < -0.4 is 0 Å². The lowest BCUT2D eigenvalue weighted by Crippen LogP contribution is -1.94. The van der Waals surface area contributed by atoms with Crippen molar-refractivity contribution in [2.24, 2.45) is 0 Å². The molecule has 5 rings (SSSR count). The molecule has 0 aliphatic carbocycles. The summed E-state index contributed by atoms with van der Waals surface area (Å²) in [5.41, 5.74) is 8.75. The number of benzene rings is 3. The van der Waals surface area contributed by atoms with E-state index >= 15 is 0 Å². The van der Waals surface area contributed by atoms with Gasteiger partial charge in [-0.2, -0.15) is 0 Å². The molecular weight excluding hydrogens is 418 g/mol. The molecule has 0 aliphatic heterocycles. The van der Waals surface area contributed by atoms with Crippen LogP contribution in [0.5, 0.6) is 0 Å². The highest BCUT2D eigenvalue weighted by atomic mass is 32.1. The van der Waals surface area contributed by atoms with Crippen molar-refractivity contribution in [3.05, 3.63) is 102 Å². The average Bonchev–Trinajstić information content (AvgIpc) is 3.28. The molecule has 1 nitrogen and oxygen atoms in total. The Hall–Kier alpha value is -3.23. The zero-order valence-electron chi connectivity index (χ0n) is 19.7. The van der Waals surface area contributed by atoms with Gasteiger partial charge in [-0.05, 0) is 57.9 Å². The molecule has 0 spiro atoms. The Kier molecular flexibility index (Phi) is 5.86. The summed E-state index contributed by atoms with van der Waals surface area (Å²) in [6, 6.07) is 30.8. The minimum Gasteiger partial charge on any atom is -0.256 e. The number of pyridine rings is 1. The largest absolute Gasteiger partial charge is 0.256 e. The van der Waals surface area contributed by atoms with Crippen molar-refractivity contribution < 1.29 is 0 Å². The molecule has 0 atom stereocenters. The van der Waals surface area contributed by atoms with E-state index in [0.717, 1.165) is 11.3 Å². The minimum absolute atomic E-state index is 0.516. The quantitative estimate of drug-likeness (QED) is 0.261. The van der Waals surface area contributed by atoms with Gasteiger partial charge in [-0.1, -0.05) is 94.4 Å². The van der Waals surface area contributed by atoms with Crippen LogP contribution in [0.25, 0.3) is 42.9 Å². The van der Waals surface area contributed by atoms with Gasteiger partial charge in [-0.3, -0.25) is 4.98 Å². The topological polar surface area (TPSA) is 12.9 Å². The zero-order valence-corrected chi connectivity index (χ0v) is 20.5. The molecule has 33 heavy (non-hydrogen) atoms. The fraction of sp³-hybridized carbons (Fsp3) is 0.194. The summed E-state index contributed by atoms with van der Waals surface area (Å²) in [6.45, 7) is 9.09. The van der Waals surface area contributed by atoms with E-state index in [0.29, 0.717) is 11.8 Å². The molecular formula is C31H29NS. The van der Waals surface area contributed by atoms with E-state index in [9.17, 15) is 0 Å². The van der Waals surface area contributed by atoms with Crippen LogP contribution in [0.3, 0.4) is 0 Å². The van der Waals surface area contributed by atoms with E-state index in [1.165, 1.54) is 42.8 Å². The first-order chi connectivity index (χ1) is 16.0. The number of thiophene rings is 1. The normalized spacial score (nSPS) is 11.6. The zero-order chi connectivity index (χ0) is 22.9. The summed E-state index contributed by atoms with van der Waals surface area (Å²) >= 11 is 1.86. The first-order valence-corrected chi connectivity index (χ1v) is 12.5. The third-order valence-electron chi connectivity index (χ3n) is 6.26. The van der Waals surface area contributed by atoms with Gasteiger partial charge in [0, 0.05) is 26.7 Å². The number of hydrogen-bond acceptors (Lipinski definition) is 2. The highest BCUT2D eigenvalue weighted by Crippen LogP contribution is 2.38. The molecule has 2 heterocycles. The van der Waals surface area contributed by atoms with Crippen LogP contribution in [0.1, 0.15) is 50.7 Å². The predicted molar refractivity (Wildman–Crippen MR) is 144 cm³/mol. The maximum atomic E-state index is 4.82. The van der Waals surface area contributed by atoms with Crippen molar-refractivity contribution in [1.82, 2.24) is 4.98 Å². The number of rotatable bonds is 5. The maximum Gasteiger partial charge on any atom is 0.0716 e. The van der Waals surface area contributed by atoms with Gasteiger partial charge in [-0.25, -0.2) is 0 Å². The van der Waals surface area contributed by atoms with Gasteiger partial charge in [0.05, 0.1) is 5.69 Å². The highest BCUT2D eigenvalue weighted by molar-refractivity contribution is 7.22. The standard InChI is InChI=1S/C31H29NS/c1-20(2)25-14-26(21(3)4)16-27(15-25)30-17-28-19-32-29(18-31(28)33-30)24-12-8-11-23(13-24)22-9-6-5-7-10-22/h5-21H,1-4H3. The van der Waals surface area contributed by atoms with E-state index in [2.05, 4.69) is 113 Å². The van der Waals surface area contributed by atoms with Crippen molar-refractivity contribution in [3.63, 3.8) is 0 Å². The summed E-state index contributed by atoms with van der Waals surface area (Å²) in [7, 11) is 0. The van der Waals surface area contributed by atoms with Crippen molar-refractivity contribution >= 4 is 21.4 Å². The predicted octanol–water partition coefficient (Wildman–Crippen LogP) is 9.54. The van der Waals surface area contributed by atoms with E-state index in [1.54, 1.807) is 0 Å². The number of hydrogen-bond donors (Lipinski definition) is 0. The van der Waals surface area contributed by atoms with Crippen LogP contribution in [0, 0.1) is 0 Å². The number of nitrogens with zero attached hydrogens (tertiary/aromatic N) is 1. The molecule has 0 saturated carbocycles. The molecule has 3 aromatic carbocycles. The minimum atomic E-state index is 0.516. The Labute approximate surface area is 200 Å². The Morgan fingerprint density at radius 1 is 0.606 bits per heavy atom. The number of fused-ring (bicyclic) bond motifs is 1. The fourth-order valence-corrected chi connectivity index (χ4v) is 5.27. The lowest BCUT2D eigenvalue weighted by molar-refractivity contribution is 0.835. The van der Waals surface area contributed by atoms with Gasteiger partial charge in [0.15, 0.2) is 0 Å². The van der Waals surface area contributed by atoms with Crippen LogP contribution in [-0.4, -0.2) is 4.98 Å². The lowest BCUT2D eigenvalue weighted by Gasteiger charge is -2.13. The molecule has 0 fully saturated rings. The Morgan fingerprint density at radius 3 is 1.97 bits per heavy atom. The van der Waals surface area contributed by atoms with Crippen molar-refractivity contribution in [1.29, 1.82) is 0 Å². The van der Waals surface area contributed by atoms with E-state index < -0.39 is 0 Å². The van der Waals surface area contributed by atoms with Gasteiger partial charge in [0.2, 0.25) is 0 Å². The summed E-state index contributed by atoms with van der Waals surface area (Å²) < 4.78 is 1.28. The summed E-state index contributed by atoms with van der Waals surface area (Å²) in [5, 5.41) is 1.21. The maximum absolute atomic E-state index is 4.82. The second-order valence-electron chi connectivity index (χ2n) is 9.36. The van der Waals surface area contributed by atoms with Gasteiger partial charge in [0.25, 0.3) is 0 Å². The SMILES string of the molecule is CC(C)c1cc(-c2cc3cnc(-c4cccc(-c5ccccc5)c4)cc3s2)cc(C(C)C)c1. The fourth-order valence-electron chi connectivity index (χ4n) is 4.21. The van der Waals surface area contributed by atoms with Crippen molar-refractivity contribution in [2.75, 3.05) is 0 Å². The molecule has 0 aliphatic rings. The smallest absolute Gasteiger partial charge is 0.0716 e. The van der Waals surface area contributed by atoms with Crippen LogP contribution in [0.2, 0.25) is 0 Å². The third kappa shape index (κ3) is 4.49. The molecule has 0 N–H and O–H groups in total. The third-order valence-corrected chi connectivity index (χ3v) is 7.41. The first kappa shape index (κ1) is 21.6. The lowest BCUT2D eigenvalue weighted by atomic mass is 9.93. The monoisotopic (exact) mass is 447 g/mol. The van der Waals surface area contributed by atoms with Crippen LogP contribution in [0.4, 0.5) is 0 Å². The van der Waals surface area contributed by atoms with Gasteiger partial charge >= 0.3 is 0 Å². The van der Waals surface area contributed by atoms with Gasteiger partial charge < -0.3 is 0 Å². The number of aromatic nitrogens is 1. The Balaban J connectivity index is 1.54.